The summed E-state index contributed by atoms with van der Waals surface area (Å²) >= 11 is 0. The highest BCUT2D eigenvalue weighted by Crippen LogP contribution is 2.57. The van der Waals surface area contributed by atoms with Crippen LogP contribution in [0.5, 0.6) is 0 Å². The second kappa shape index (κ2) is 9.53. The minimum absolute atomic E-state index is 0.703. The summed E-state index contributed by atoms with van der Waals surface area (Å²) < 4.78 is 0. The molecule has 1 aliphatic carbocycles. The number of benzene rings is 8. The van der Waals surface area contributed by atoms with E-state index in [-0.39, 0.29) is 0 Å². The van der Waals surface area contributed by atoms with Crippen molar-refractivity contribution in [2.24, 2.45) is 0 Å². The van der Waals surface area contributed by atoms with Gasteiger partial charge in [-0.05, 0) is 101 Å². The normalized spacial score (nSPS) is 11.6. The molecular formula is C43H25N. The molecule has 1 nitrogen and oxygen atoms in total. The molecule has 44 heavy (non-hydrogen) atoms. The molecule has 0 amide bonds. The summed E-state index contributed by atoms with van der Waals surface area (Å²) in [6, 6.07) is 56.8. The Bertz CT molecular complexity index is 2480. The zero-order chi connectivity index (χ0) is 29.2. The topological polar surface area (TPSA) is 23.8 Å². The first-order valence-corrected chi connectivity index (χ1v) is 15.0. The number of nitrogens with zero attached hydrogens (tertiary/aromatic N) is 1. The van der Waals surface area contributed by atoms with Crippen LogP contribution in [0.2, 0.25) is 0 Å². The van der Waals surface area contributed by atoms with E-state index in [4.69, 9.17) is 0 Å². The van der Waals surface area contributed by atoms with Gasteiger partial charge in [0.1, 0.15) is 0 Å². The van der Waals surface area contributed by atoms with Crippen LogP contribution in [0, 0.1) is 11.3 Å². The maximum atomic E-state index is 10.1. The van der Waals surface area contributed by atoms with E-state index in [2.05, 4.69) is 146 Å². The molecule has 0 spiro atoms. The zero-order valence-electron chi connectivity index (χ0n) is 23.9. The highest BCUT2D eigenvalue weighted by atomic mass is 14.3. The number of hydrogen-bond acceptors (Lipinski definition) is 1. The predicted octanol–water partition coefficient (Wildman–Crippen LogP) is 11.7. The lowest BCUT2D eigenvalue weighted by molar-refractivity contribution is 1.51. The third-order valence-corrected chi connectivity index (χ3v) is 9.21. The third kappa shape index (κ3) is 3.52. The maximum absolute atomic E-state index is 10.1. The van der Waals surface area contributed by atoms with Crippen LogP contribution in [0.3, 0.4) is 0 Å². The molecule has 0 unspecified atom stereocenters. The van der Waals surface area contributed by atoms with Gasteiger partial charge in [0.15, 0.2) is 0 Å². The Morgan fingerprint density at radius 1 is 0.364 bits per heavy atom. The van der Waals surface area contributed by atoms with Crippen molar-refractivity contribution in [3.8, 4) is 61.7 Å². The summed E-state index contributed by atoms with van der Waals surface area (Å²) in [5.74, 6) is 0. The minimum atomic E-state index is 0.703. The van der Waals surface area contributed by atoms with Gasteiger partial charge in [0.2, 0.25) is 0 Å². The molecule has 0 aromatic heterocycles. The number of nitriles is 1. The van der Waals surface area contributed by atoms with E-state index in [9.17, 15) is 5.26 Å². The largest absolute Gasteiger partial charge is 0.192 e. The zero-order valence-corrected chi connectivity index (χ0v) is 23.9. The quantitative estimate of drug-likeness (QED) is 0.199. The third-order valence-electron chi connectivity index (χ3n) is 9.21. The van der Waals surface area contributed by atoms with Crippen LogP contribution in [-0.2, 0) is 0 Å². The number of rotatable bonds is 3. The highest BCUT2D eigenvalue weighted by Gasteiger charge is 2.30. The van der Waals surface area contributed by atoms with Gasteiger partial charge in [0.05, 0.1) is 11.6 Å². The lowest BCUT2D eigenvalue weighted by Crippen LogP contribution is -1.94. The number of fused-ring (bicyclic) bond motifs is 6. The van der Waals surface area contributed by atoms with Crippen LogP contribution in [0.4, 0.5) is 0 Å². The molecule has 9 rings (SSSR count). The Morgan fingerprint density at radius 2 is 0.955 bits per heavy atom. The molecule has 8 aromatic carbocycles. The highest BCUT2D eigenvalue weighted by molar-refractivity contribution is 6.23. The fraction of sp³-hybridized carbons (Fsp3) is 0. The Kier molecular flexibility index (Phi) is 5.33. The second-order valence-electron chi connectivity index (χ2n) is 11.6. The van der Waals surface area contributed by atoms with Gasteiger partial charge < -0.3 is 0 Å². The van der Waals surface area contributed by atoms with Crippen molar-refractivity contribution in [2.75, 3.05) is 0 Å². The molecule has 0 heterocycles. The van der Waals surface area contributed by atoms with Crippen molar-refractivity contribution in [1.29, 1.82) is 5.26 Å². The van der Waals surface area contributed by atoms with Crippen molar-refractivity contribution in [2.45, 2.75) is 0 Å². The Hall–Kier alpha value is -5.97. The Balaban J connectivity index is 1.46. The molecule has 0 radical (unpaired) electrons. The summed E-state index contributed by atoms with van der Waals surface area (Å²) in [6.07, 6.45) is 0. The van der Waals surface area contributed by atoms with Gasteiger partial charge in [-0.2, -0.15) is 5.26 Å². The van der Waals surface area contributed by atoms with Gasteiger partial charge in [0, 0.05) is 5.39 Å². The first-order valence-electron chi connectivity index (χ1n) is 15.0. The van der Waals surface area contributed by atoms with E-state index in [0.29, 0.717) is 5.56 Å². The Morgan fingerprint density at radius 3 is 1.68 bits per heavy atom. The van der Waals surface area contributed by atoms with Gasteiger partial charge in [-0.1, -0.05) is 133 Å². The molecule has 1 heteroatoms. The average Bonchev–Trinajstić information content (AvgIpc) is 3.43. The predicted molar refractivity (Wildman–Crippen MR) is 184 cm³/mol. The minimum Gasteiger partial charge on any atom is -0.192 e. The second-order valence-corrected chi connectivity index (χ2v) is 11.6. The van der Waals surface area contributed by atoms with E-state index in [0.717, 1.165) is 27.1 Å². The first-order chi connectivity index (χ1) is 21.8. The maximum Gasteiger partial charge on any atom is 0.0998 e. The van der Waals surface area contributed by atoms with Crippen LogP contribution in [0.1, 0.15) is 5.56 Å². The van der Waals surface area contributed by atoms with Crippen molar-refractivity contribution >= 4 is 32.3 Å². The smallest absolute Gasteiger partial charge is 0.0998 e. The summed E-state index contributed by atoms with van der Waals surface area (Å²) in [4.78, 5) is 0. The SMILES string of the molecule is N#Cc1cccc2ccc3ccc(-c4cc(-c5ccccc5)c5c(c4-c4ccccc4)-c4cccc6cccc-5c46)cc3c12. The lowest BCUT2D eigenvalue weighted by Gasteiger charge is -2.21. The summed E-state index contributed by atoms with van der Waals surface area (Å²) in [5, 5.41) is 17.0. The Labute approximate surface area is 255 Å². The molecule has 0 fully saturated rings. The van der Waals surface area contributed by atoms with Crippen LogP contribution in [0.15, 0.2) is 152 Å². The van der Waals surface area contributed by atoms with Crippen LogP contribution in [-0.4, -0.2) is 0 Å². The van der Waals surface area contributed by atoms with Gasteiger partial charge in [0.25, 0.3) is 0 Å². The van der Waals surface area contributed by atoms with Crippen LogP contribution in [0.25, 0.3) is 88.0 Å². The molecule has 0 saturated carbocycles. The van der Waals surface area contributed by atoms with Crippen LogP contribution >= 0.6 is 0 Å². The standard InChI is InChI=1S/C43H25N/c44-26-33-17-7-14-31-22-20-28-21-23-32(24-36(28)39(31)33)38-25-37(27-10-3-1-4-11-27)42-34-18-8-15-29-16-9-19-35(40(29)34)43(42)41(38)30-12-5-2-6-13-30/h1-25H. The van der Waals surface area contributed by atoms with Crippen molar-refractivity contribution in [1.82, 2.24) is 0 Å². The molecule has 0 saturated heterocycles. The molecule has 0 aliphatic heterocycles. The first kappa shape index (κ1) is 24.6. The van der Waals surface area contributed by atoms with E-state index in [1.807, 2.05) is 12.1 Å². The summed E-state index contributed by atoms with van der Waals surface area (Å²) in [7, 11) is 0. The molecular weight excluding hydrogens is 530 g/mol. The molecule has 0 bridgehead atoms. The summed E-state index contributed by atoms with van der Waals surface area (Å²) in [5.41, 5.74) is 13.0. The van der Waals surface area contributed by atoms with E-state index < -0.39 is 0 Å². The molecule has 0 atom stereocenters. The van der Waals surface area contributed by atoms with Crippen molar-refractivity contribution in [3.05, 3.63) is 157 Å². The average molecular weight is 556 g/mol. The lowest BCUT2D eigenvalue weighted by atomic mass is 9.82. The number of hydrogen-bond donors (Lipinski definition) is 0. The molecule has 202 valence electrons. The van der Waals surface area contributed by atoms with Gasteiger partial charge in [-0.25, -0.2) is 0 Å². The van der Waals surface area contributed by atoms with Gasteiger partial charge in [-0.3, -0.25) is 0 Å². The van der Waals surface area contributed by atoms with E-state index >= 15 is 0 Å². The fourth-order valence-electron chi connectivity index (χ4n) is 7.34. The van der Waals surface area contributed by atoms with Crippen molar-refractivity contribution in [3.63, 3.8) is 0 Å². The molecule has 0 N–H and O–H groups in total. The van der Waals surface area contributed by atoms with E-state index in [1.54, 1.807) is 0 Å². The molecule has 1 aliphatic rings. The molecule has 8 aromatic rings. The fourth-order valence-corrected chi connectivity index (χ4v) is 7.34. The van der Waals surface area contributed by atoms with Gasteiger partial charge in [-0.15, -0.1) is 0 Å². The van der Waals surface area contributed by atoms with Crippen LogP contribution < -0.4 is 0 Å². The van der Waals surface area contributed by atoms with Gasteiger partial charge >= 0.3 is 0 Å². The summed E-state index contributed by atoms with van der Waals surface area (Å²) in [6.45, 7) is 0. The van der Waals surface area contributed by atoms with E-state index in [1.165, 1.54) is 60.8 Å². The monoisotopic (exact) mass is 555 g/mol. The van der Waals surface area contributed by atoms with Crippen molar-refractivity contribution < 1.29 is 0 Å².